The van der Waals surface area contributed by atoms with Crippen LogP contribution in [0, 0.1) is 3.57 Å². The number of piperazine rings is 1. The highest BCUT2D eigenvalue weighted by Gasteiger charge is 2.30. The van der Waals surface area contributed by atoms with Crippen molar-refractivity contribution in [1.82, 2.24) is 15.1 Å². The molecule has 1 aromatic carbocycles. The van der Waals surface area contributed by atoms with Gasteiger partial charge in [0.1, 0.15) is 5.75 Å². The average Bonchev–Trinajstić information content (AvgIpc) is 3.44. The monoisotopic (exact) mass is 457 g/mol. The number of benzene rings is 1. The standard InChI is InChI=1S/C18H24IN3O3/c1-13(18(24)20-15-4-5-15)21-8-10-22(11-9-21)17(23)12-25-16-6-2-14(19)3-7-16/h2-3,6-7,13,15H,4-5,8-12H2,1H3,(H,20,24). The van der Waals surface area contributed by atoms with Crippen molar-refractivity contribution in [1.29, 1.82) is 0 Å². The van der Waals surface area contributed by atoms with Gasteiger partial charge in [-0.1, -0.05) is 0 Å². The van der Waals surface area contributed by atoms with Gasteiger partial charge in [-0.2, -0.15) is 0 Å². The maximum absolute atomic E-state index is 12.3. The molecule has 2 fully saturated rings. The lowest BCUT2D eigenvalue weighted by atomic mass is 10.2. The molecule has 1 saturated heterocycles. The van der Waals surface area contributed by atoms with Gasteiger partial charge in [-0.05, 0) is 66.6 Å². The Morgan fingerprint density at radius 2 is 1.84 bits per heavy atom. The molecule has 0 aromatic heterocycles. The summed E-state index contributed by atoms with van der Waals surface area (Å²) in [6.45, 7) is 4.70. The Labute approximate surface area is 162 Å². The molecule has 3 rings (SSSR count). The molecule has 1 atom stereocenters. The Morgan fingerprint density at radius 1 is 1.20 bits per heavy atom. The molecule has 1 N–H and O–H groups in total. The summed E-state index contributed by atoms with van der Waals surface area (Å²) in [5.41, 5.74) is 0. The molecule has 1 aliphatic carbocycles. The predicted octanol–water partition coefficient (Wildman–Crippen LogP) is 1.48. The van der Waals surface area contributed by atoms with Crippen molar-refractivity contribution < 1.29 is 14.3 Å². The van der Waals surface area contributed by atoms with Gasteiger partial charge in [-0.25, -0.2) is 0 Å². The zero-order valence-electron chi connectivity index (χ0n) is 14.4. The first-order valence-electron chi connectivity index (χ1n) is 8.73. The van der Waals surface area contributed by atoms with Gasteiger partial charge in [0.15, 0.2) is 6.61 Å². The molecule has 1 aliphatic heterocycles. The SMILES string of the molecule is CC(C(=O)NC1CC1)N1CCN(C(=O)COc2ccc(I)cc2)CC1. The largest absolute Gasteiger partial charge is 0.484 e. The van der Waals surface area contributed by atoms with E-state index in [1.165, 1.54) is 0 Å². The zero-order valence-corrected chi connectivity index (χ0v) is 16.6. The lowest BCUT2D eigenvalue weighted by Gasteiger charge is -2.37. The first-order chi connectivity index (χ1) is 12.0. The summed E-state index contributed by atoms with van der Waals surface area (Å²) in [4.78, 5) is 28.4. The van der Waals surface area contributed by atoms with Gasteiger partial charge in [0, 0.05) is 35.8 Å². The second-order valence-corrected chi connectivity index (χ2v) is 7.86. The van der Waals surface area contributed by atoms with Crippen LogP contribution in [-0.2, 0) is 9.59 Å². The van der Waals surface area contributed by atoms with Gasteiger partial charge in [0.2, 0.25) is 5.91 Å². The molecule has 0 radical (unpaired) electrons. The molecule has 1 aromatic rings. The number of amides is 2. The number of ether oxygens (including phenoxy) is 1. The van der Waals surface area contributed by atoms with E-state index >= 15 is 0 Å². The quantitative estimate of drug-likeness (QED) is 0.658. The van der Waals surface area contributed by atoms with Gasteiger partial charge < -0.3 is 15.0 Å². The maximum Gasteiger partial charge on any atom is 0.260 e. The summed E-state index contributed by atoms with van der Waals surface area (Å²) < 4.78 is 6.70. The van der Waals surface area contributed by atoms with Gasteiger partial charge in [-0.15, -0.1) is 0 Å². The fourth-order valence-corrected chi connectivity index (χ4v) is 3.20. The van der Waals surface area contributed by atoms with Crippen molar-refractivity contribution in [2.24, 2.45) is 0 Å². The summed E-state index contributed by atoms with van der Waals surface area (Å²) >= 11 is 2.23. The second kappa shape index (κ2) is 8.35. The Balaban J connectivity index is 1.40. The second-order valence-electron chi connectivity index (χ2n) is 6.62. The van der Waals surface area contributed by atoms with E-state index < -0.39 is 0 Å². The van der Waals surface area contributed by atoms with Crippen molar-refractivity contribution in [2.75, 3.05) is 32.8 Å². The van der Waals surface area contributed by atoms with Crippen LogP contribution in [0.5, 0.6) is 5.75 Å². The summed E-state index contributed by atoms with van der Waals surface area (Å²) in [5.74, 6) is 0.801. The molecule has 1 heterocycles. The molecule has 2 aliphatic rings. The first kappa shape index (κ1) is 18.4. The van der Waals surface area contributed by atoms with E-state index in [-0.39, 0.29) is 24.5 Å². The Kier molecular flexibility index (Phi) is 6.16. The van der Waals surface area contributed by atoms with Crippen molar-refractivity contribution in [2.45, 2.75) is 31.8 Å². The maximum atomic E-state index is 12.3. The number of halogens is 1. The third-order valence-corrected chi connectivity index (χ3v) is 5.41. The van der Waals surface area contributed by atoms with Crippen molar-refractivity contribution in [3.05, 3.63) is 27.8 Å². The van der Waals surface area contributed by atoms with E-state index in [0.717, 1.165) is 16.4 Å². The first-order valence-corrected chi connectivity index (χ1v) is 9.81. The van der Waals surface area contributed by atoms with Crippen LogP contribution < -0.4 is 10.1 Å². The van der Waals surface area contributed by atoms with Gasteiger partial charge in [-0.3, -0.25) is 14.5 Å². The van der Waals surface area contributed by atoms with E-state index in [1.54, 1.807) is 0 Å². The molecule has 25 heavy (non-hydrogen) atoms. The Morgan fingerprint density at radius 3 is 2.44 bits per heavy atom. The topological polar surface area (TPSA) is 61.9 Å². The minimum atomic E-state index is -0.138. The van der Waals surface area contributed by atoms with Gasteiger partial charge in [0.25, 0.3) is 5.91 Å². The van der Waals surface area contributed by atoms with Gasteiger partial charge >= 0.3 is 0 Å². The van der Waals surface area contributed by atoms with Crippen LogP contribution in [0.3, 0.4) is 0 Å². The van der Waals surface area contributed by atoms with Crippen LogP contribution in [0.1, 0.15) is 19.8 Å². The van der Waals surface area contributed by atoms with Crippen LogP contribution in [-0.4, -0.2) is 66.5 Å². The number of carbonyl (C=O) groups is 2. The Hall–Kier alpha value is -1.35. The normalized spacial score (nSPS) is 19.4. The minimum absolute atomic E-state index is 0.00622. The van der Waals surface area contributed by atoms with Crippen molar-refractivity contribution in [3.63, 3.8) is 0 Å². The molecular formula is C18H24IN3O3. The molecule has 136 valence electrons. The van der Waals surface area contributed by atoms with Gasteiger partial charge in [0.05, 0.1) is 6.04 Å². The van der Waals surface area contributed by atoms with E-state index in [0.29, 0.717) is 38.0 Å². The average molecular weight is 457 g/mol. The molecule has 0 bridgehead atoms. The van der Waals surface area contributed by atoms with E-state index in [9.17, 15) is 9.59 Å². The molecule has 1 unspecified atom stereocenters. The molecule has 1 saturated carbocycles. The highest BCUT2D eigenvalue weighted by atomic mass is 127. The highest BCUT2D eigenvalue weighted by molar-refractivity contribution is 14.1. The van der Waals surface area contributed by atoms with Crippen LogP contribution in [0.4, 0.5) is 0 Å². The number of nitrogens with zero attached hydrogens (tertiary/aromatic N) is 2. The fourth-order valence-electron chi connectivity index (χ4n) is 2.84. The third-order valence-electron chi connectivity index (χ3n) is 4.69. The lowest BCUT2D eigenvalue weighted by molar-refractivity contribution is -0.136. The van der Waals surface area contributed by atoms with E-state index in [1.807, 2.05) is 36.1 Å². The van der Waals surface area contributed by atoms with Crippen LogP contribution >= 0.6 is 22.6 Å². The van der Waals surface area contributed by atoms with Crippen LogP contribution in [0.2, 0.25) is 0 Å². The zero-order chi connectivity index (χ0) is 17.8. The third kappa shape index (κ3) is 5.31. The summed E-state index contributed by atoms with van der Waals surface area (Å²) in [6, 6.07) is 7.89. The number of hydrogen-bond acceptors (Lipinski definition) is 4. The van der Waals surface area contributed by atoms with E-state index in [2.05, 4.69) is 32.8 Å². The predicted molar refractivity (Wildman–Crippen MR) is 103 cm³/mol. The van der Waals surface area contributed by atoms with Crippen molar-refractivity contribution in [3.8, 4) is 5.75 Å². The number of nitrogens with one attached hydrogen (secondary N) is 1. The van der Waals surface area contributed by atoms with Crippen molar-refractivity contribution >= 4 is 34.4 Å². The summed E-state index contributed by atoms with van der Waals surface area (Å²) in [5, 5.41) is 3.05. The lowest BCUT2D eigenvalue weighted by Crippen LogP contribution is -2.55. The number of hydrogen-bond donors (Lipinski definition) is 1. The molecule has 0 spiro atoms. The summed E-state index contributed by atoms with van der Waals surface area (Å²) in [7, 11) is 0. The summed E-state index contributed by atoms with van der Waals surface area (Å²) in [6.07, 6.45) is 2.20. The molecular weight excluding hydrogens is 433 g/mol. The number of carbonyl (C=O) groups excluding carboxylic acids is 2. The smallest absolute Gasteiger partial charge is 0.260 e. The number of rotatable bonds is 6. The van der Waals surface area contributed by atoms with Crippen LogP contribution in [0.15, 0.2) is 24.3 Å². The molecule has 6 nitrogen and oxygen atoms in total. The van der Waals surface area contributed by atoms with Crippen LogP contribution in [0.25, 0.3) is 0 Å². The van der Waals surface area contributed by atoms with E-state index in [4.69, 9.17) is 4.74 Å². The molecule has 7 heteroatoms. The minimum Gasteiger partial charge on any atom is -0.484 e. The molecule has 2 amide bonds. The fraction of sp³-hybridized carbons (Fsp3) is 0.556. The highest BCUT2D eigenvalue weighted by Crippen LogP contribution is 2.19. The Bertz CT molecular complexity index is 610.